The van der Waals surface area contributed by atoms with Crippen molar-refractivity contribution in [1.29, 1.82) is 0 Å². The monoisotopic (exact) mass is 239 g/mol. The van der Waals surface area contributed by atoms with Crippen LogP contribution in [0.4, 0.5) is 0 Å². The molecule has 5 nitrogen and oxygen atoms in total. The van der Waals surface area contributed by atoms with Gasteiger partial charge in [0.05, 0.1) is 30.7 Å². The second kappa shape index (κ2) is 5.82. The molecule has 0 aromatic carbocycles. The molecule has 0 aliphatic carbocycles. The molecule has 1 atom stereocenters. The number of hydrogen-bond donors (Lipinski definition) is 1. The minimum Gasteiger partial charge on any atom is -0.386 e. The number of hydrogen-bond acceptors (Lipinski definition) is 3. The van der Waals surface area contributed by atoms with Crippen LogP contribution in [0.5, 0.6) is 0 Å². The van der Waals surface area contributed by atoms with Gasteiger partial charge in [-0.25, -0.2) is 4.98 Å². The lowest BCUT2D eigenvalue weighted by Crippen LogP contribution is -2.45. The van der Waals surface area contributed by atoms with E-state index in [2.05, 4.69) is 4.98 Å². The molecule has 0 bridgehead atoms. The second-order valence-electron chi connectivity index (χ2n) is 4.43. The molecule has 0 fully saturated rings. The van der Waals surface area contributed by atoms with Crippen molar-refractivity contribution in [2.75, 3.05) is 13.1 Å². The molecule has 5 heteroatoms. The summed E-state index contributed by atoms with van der Waals surface area (Å²) in [7, 11) is 0. The zero-order valence-electron chi connectivity index (χ0n) is 10.8. The van der Waals surface area contributed by atoms with Crippen LogP contribution >= 0.6 is 0 Å². The van der Waals surface area contributed by atoms with Gasteiger partial charge in [-0.3, -0.25) is 4.79 Å². The first-order chi connectivity index (χ1) is 8.03. The van der Waals surface area contributed by atoms with Crippen molar-refractivity contribution >= 4 is 6.41 Å². The van der Waals surface area contributed by atoms with Crippen molar-refractivity contribution in [3.05, 3.63) is 18.2 Å². The van der Waals surface area contributed by atoms with Crippen molar-refractivity contribution in [2.45, 2.75) is 39.3 Å². The highest BCUT2D eigenvalue weighted by molar-refractivity contribution is 5.47. The molecule has 1 unspecified atom stereocenters. The van der Waals surface area contributed by atoms with Crippen LogP contribution in [0.1, 0.15) is 26.0 Å². The van der Waals surface area contributed by atoms with Gasteiger partial charge in [-0.2, -0.15) is 0 Å². The van der Waals surface area contributed by atoms with Gasteiger partial charge >= 0.3 is 0 Å². The Balaban J connectivity index is 2.70. The van der Waals surface area contributed by atoms with Gasteiger partial charge in [0.2, 0.25) is 6.41 Å². The lowest BCUT2D eigenvalue weighted by molar-refractivity contribution is -0.122. The lowest BCUT2D eigenvalue weighted by Gasteiger charge is -2.31. The van der Waals surface area contributed by atoms with Gasteiger partial charge in [0.1, 0.15) is 0 Å². The number of aliphatic hydroxyl groups is 1. The fourth-order valence-corrected chi connectivity index (χ4v) is 1.77. The summed E-state index contributed by atoms with van der Waals surface area (Å²) in [6.07, 6.45) is 4.96. The van der Waals surface area contributed by atoms with E-state index in [1.165, 1.54) is 0 Å². The Morgan fingerprint density at radius 2 is 2.29 bits per heavy atom. The minimum atomic E-state index is -0.899. The smallest absolute Gasteiger partial charge is 0.209 e. The van der Waals surface area contributed by atoms with E-state index >= 15 is 0 Å². The normalized spacial score (nSPS) is 14.4. The molecule has 1 rings (SSSR count). The van der Waals surface area contributed by atoms with E-state index in [-0.39, 0.29) is 0 Å². The molecular formula is C12H21N3O2. The highest BCUT2D eigenvalue weighted by Gasteiger charge is 2.27. The molecule has 1 aromatic rings. The predicted molar refractivity (Wildman–Crippen MR) is 65.5 cm³/mol. The molecule has 1 aromatic heterocycles. The summed E-state index contributed by atoms with van der Waals surface area (Å²) in [6.45, 7) is 7.13. The van der Waals surface area contributed by atoms with Crippen molar-refractivity contribution in [2.24, 2.45) is 0 Å². The maximum Gasteiger partial charge on any atom is 0.209 e. The zero-order chi connectivity index (χ0) is 12.9. The number of aromatic nitrogens is 2. The van der Waals surface area contributed by atoms with Gasteiger partial charge in [-0.15, -0.1) is 0 Å². The van der Waals surface area contributed by atoms with Crippen molar-refractivity contribution in [1.82, 2.24) is 14.5 Å². The van der Waals surface area contributed by atoms with Crippen molar-refractivity contribution in [3.63, 3.8) is 0 Å². The third-order valence-corrected chi connectivity index (χ3v) is 2.95. The third-order valence-electron chi connectivity index (χ3n) is 2.95. The molecule has 0 saturated heterocycles. The van der Waals surface area contributed by atoms with Crippen LogP contribution in [0, 0.1) is 6.92 Å². The topological polar surface area (TPSA) is 58.4 Å². The minimum absolute atomic E-state index is 0.348. The van der Waals surface area contributed by atoms with Crippen molar-refractivity contribution in [3.8, 4) is 0 Å². The summed E-state index contributed by atoms with van der Waals surface area (Å²) in [5.74, 6) is 0. The summed E-state index contributed by atoms with van der Waals surface area (Å²) in [5.41, 5.74) is 0.0236. The Kier molecular flexibility index (Phi) is 4.69. The van der Waals surface area contributed by atoms with Crippen LogP contribution in [-0.2, 0) is 11.3 Å². The molecule has 0 saturated carbocycles. The molecular weight excluding hydrogens is 218 g/mol. The maximum atomic E-state index is 10.8. The Morgan fingerprint density at radius 1 is 1.59 bits per heavy atom. The van der Waals surface area contributed by atoms with Crippen LogP contribution in [0.3, 0.4) is 0 Å². The zero-order valence-corrected chi connectivity index (χ0v) is 10.8. The van der Waals surface area contributed by atoms with E-state index in [0.29, 0.717) is 26.1 Å². The number of rotatable bonds is 7. The Labute approximate surface area is 102 Å². The molecule has 17 heavy (non-hydrogen) atoms. The summed E-state index contributed by atoms with van der Waals surface area (Å²) in [4.78, 5) is 16.5. The van der Waals surface area contributed by atoms with Gasteiger partial charge in [-0.1, -0.05) is 6.92 Å². The highest BCUT2D eigenvalue weighted by atomic mass is 16.3. The van der Waals surface area contributed by atoms with Crippen LogP contribution in [0.15, 0.2) is 12.5 Å². The number of imidazole rings is 1. The maximum absolute atomic E-state index is 10.8. The predicted octanol–water partition coefficient (Wildman–Crippen LogP) is 0.811. The Bertz CT molecular complexity index is 364. The quantitative estimate of drug-likeness (QED) is 0.716. The number of carbonyl (C=O) groups is 1. The molecule has 96 valence electrons. The van der Waals surface area contributed by atoms with Crippen LogP contribution in [-0.4, -0.2) is 44.7 Å². The highest BCUT2D eigenvalue weighted by Crippen LogP contribution is 2.15. The molecule has 0 aliphatic heterocycles. The fourth-order valence-electron chi connectivity index (χ4n) is 1.77. The molecule has 1 amide bonds. The first-order valence-corrected chi connectivity index (χ1v) is 5.93. The van der Waals surface area contributed by atoms with Crippen LogP contribution in [0.25, 0.3) is 0 Å². The van der Waals surface area contributed by atoms with Crippen molar-refractivity contribution < 1.29 is 9.90 Å². The van der Waals surface area contributed by atoms with Gasteiger partial charge in [0.15, 0.2) is 0 Å². The third kappa shape index (κ3) is 3.85. The van der Waals surface area contributed by atoms with Crippen LogP contribution < -0.4 is 0 Å². The van der Waals surface area contributed by atoms with Crippen LogP contribution in [0.2, 0.25) is 0 Å². The van der Waals surface area contributed by atoms with Gasteiger partial charge in [-0.05, 0) is 20.3 Å². The lowest BCUT2D eigenvalue weighted by atomic mass is 10.00. The summed E-state index contributed by atoms with van der Waals surface area (Å²) >= 11 is 0. The Hall–Kier alpha value is -1.36. The largest absolute Gasteiger partial charge is 0.386 e. The second-order valence-corrected chi connectivity index (χ2v) is 4.43. The fraction of sp³-hybridized carbons (Fsp3) is 0.667. The number of amides is 1. The average molecular weight is 239 g/mol. The number of carbonyl (C=O) groups excluding carboxylic acids is 1. The summed E-state index contributed by atoms with van der Waals surface area (Å²) in [5, 5.41) is 10.5. The molecule has 1 heterocycles. The van der Waals surface area contributed by atoms with E-state index in [1.807, 2.05) is 31.5 Å². The van der Waals surface area contributed by atoms with E-state index in [4.69, 9.17) is 0 Å². The van der Waals surface area contributed by atoms with E-state index in [1.54, 1.807) is 11.2 Å². The van der Waals surface area contributed by atoms with E-state index in [0.717, 1.165) is 12.1 Å². The number of likely N-dealkylation sites (N-methyl/N-ethyl adjacent to an activating group) is 1. The van der Waals surface area contributed by atoms with Gasteiger partial charge < -0.3 is 14.6 Å². The van der Waals surface area contributed by atoms with E-state index < -0.39 is 5.60 Å². The summed E-state index contributed by atoms with van der Waals surface area (Å²) in [6, 6.07) is 0. The van der Waals surface area contributed by atoms with Gasteiger partial charge in [0, 0.05) is 12.7 Å². The Morgan fingerprint density at radius 3 is 2.71 bits per heavy atom. The average Bonchev–Trinajstić information content (AvgIpc) is 2.71. The molecule has 0 aliphatic rings. The van der Waals surface area contributed by atoms with E-state index in [9.17, 15) is 9.90 Å². The SMILES string of the molecule is CCN(C=O)CC(O)(CC)Cn1cnc(C)c1. The first kappa shape index (κ1) is 13.7. The number of aryl methyl sites for hydroxylation is 1. The molecule has 0 spiro atoms. The summed E-state index contributed by atoms with van der Waals surface area (Å²) < 4.78 is 1.86. The first-order valence-electron chi connectivity index (χ1n) is 5.93. The standard InChI is InChI=1S/C12H21N3O2/c1-4-12(17,7-14(5-2)10-16)8-15-6-11(3)13-9-15/h6,9-10,17H,4-5,7-8H2,1-3H3. The van der Waals surface area contributed by atoms with Gasteiger partial charge in [0.25, 0.3) is 0 Å². The molecule has 0 radical (unpaired) electrons. The number of nitrogens with zero attached hydrogens (tertiary/aromatic N) is 3. The molecule has 1 N–H and O–H groups in total.